The van der Waals surface area contributed by atoms with Gasteiger partial charge < -0.3 is 5.73 Å². The van der Waals surface area contributed by atoms with E-state index in [1.807, 2.05) is 24.3 Å². The van der Waals surface area contributed by atoms with E-state index in [0.29, 0.717) is 5.92 Å². The molecule has 2 aromatic rings. The summed E-state index contributed by atoms with van der Waals surface area (Å²) in [4.78, 5) is 2.40. The summed E-state index contributed by atoms with van der Waals surface area (Å²) < 4.78 is 0. The van der Waals surface area contributed by atoms with Crippen LogP contribution in [0.1, 0.15) is 31.9 Å². The van der Waals surface area contributed by atoms with Crippen LogP contribution in [-0.4, -0.2) is 0 Å². The van der Waals surface area contributed by atoms with E-state index < -0.39 is 0 Å². The SMILES string of the molecule is CC(C)C[C@@H](N)c1ccccc1Sc1ccc(Cl)cc1.Cl. The van der Waals surface area contributed by atoms with Crippen LogP contribution in [0.2, 0.25) is 5.02 Å². The van der Waals surface area contributed by atoms with Gasteiger partial charge in [0, 0.05) is 20.9 Å². The zero-order valence-electron chi connectivity index (χ0n) is 12.3. The van der Waals surface area contributed by atoms with Gasteiger partial charge in [0.1, 0.15) is 0 Å². The van der Waals surface area contributed by atoms with Crippen molar-refractivity contribution in [2.45, 2.75) is 36.1 Å². The summed E-state index contributed by atoms with van der Waals surface area (Å²) in [5.41, 5.74) is 7.56. The van der Waals surface area contributed by atoms with Gasteiger partial charge in [0.15, 0.2) is 0 Å². The summed E-state index contributed by atoms with van der Waals surface area (Å²) in [5.74, 6) is 0.596. The van der Waals surface area contributed by atoms with Crippen molar-refractivity contribution in [3.8, 4) is 0 Å². The van der Waals surface area contributed by atoms with E-state index in [2.05, 4.69) is 38.1 Å². The maximum atomic E-state index is 6.34. The van der Waals surface area contributed by atoms with Gasteiger partial charge in [-0.2, -0.15) is 0 Å². The maximum absolute atomic E-state index is 6.34. The first-order valence-corrected chi connectivity index (χ1v) is 8.03. The Balaban J connectivity index is 0.00000220. The largest absolute Gasteiger partial charge is 0.324 e. The summed E-state index contributed by atoms with van der Waals surface area (Å²) in [6.45, 7) is 4.41. The fourth-order valence-electron chi connectivity index (χ4n) is 2.14. The van der Waals surface area contributed by atoms with Crippen molar-refractivity contribution in [3.63, 3.8) is 0 Å². The smallest absolute Gasteiger partial charge is 0.0406 e. The Morgan fingerprint density at radius 2 is 1.67 bits per heavy atom. The van der Waals surface area contributed by atoms with Crippen molar-refractivity contribution < 1.29 is 0 Å². The molecule has 0 aliphatic heterocycles. The molecule has 0 saturated carbocycles. The Morgan fingerprint density at radius 3 is 2.29 bits per heavy atom. The summed E-state index contributed by atoms with van der Waals surface area (Å²) in [7, 11) is 0. The molecule has 0 radical (unpaired) electrons. The van der Waals surface area contributed by atoms with Gasteiger partial charge in [-0.3, -0.25) is 0 Å². The predicted molar refractivity (Wildman–Crippen MR) is 95.6 cm³/mol. The molecular weight excluding hydrogens is 321 g/mol. The summed E-state index contributed by atoms with van der Waals surface area (Å²) in [6, 6.07) is 16.4. The molecule has 0 saturated heterocycles. The minimum Gasteiger partial charge on any atom is -0.324 e. The maximum Gasteiger partial charge on any atom is 0.0406 e. The van der Waals surface area contributed by atoms with E-state index in [1.54, 1.807) is 11.8 Å². The van der Waals surface area contributed by atoms with Crippen LogP contribution in [0.3, 0.4) is 0 Å². The molecule has 0 aromatic heterocycles. The van der Waals surface area contributed by atoms with Gasteiger partial charge in [0.25, 0.3) is 0 Å². The van der Waals surface area contributed by atoms with E-state index in [4.69, 9.17) is 17.3 Å². The van der Waals surface area contributed by atoms with Crippen LogP contribution in [0.4, 0.5) is 0 Å². The Kier molecular flexibility index (Phi) is 7.61. The second-order valence-electron chi connectivity index (χ2n) is 5.33. The average molecular weight is 342 g/mol. The third-order valence-corrected chi connectivity index (χ3v) is 4.44. The molecule has 21 heavy (non-hydrogen) atoms. The van der Waals surface area contributed by atoms with Crippen molar-refractivity contribution in [1.29, 1.82) is 0 Å². The van der Waals surface area contributed by atoms with E-state index in [9.17, 15) is 0 Å². The molecule has 0 spiro atoms. The van der Waals surface area contributed by atoms with Gasteiger partial charge in [-0.25, -0.2) is 0 Å². The van der Waals surface area contributed by atoms with Crippen molar-refractivity contribution in [3.05, 3.63) is 59.1 Å². The third kappa shape index (κ3) is 5.55. The molecule has 4 heteroatoms. The van der Waals surface area contributed by atoms with Gasteiger partial charge in [0.2, 0.25) is 0 Å². The number of nitrogens with two attached hydrogens (primary N) is 1. The zero-order valence-corrected chi connectivity index (χ0v) is 14.6. The Hall–Kier alpha value is -0.670. The average Bonchev–Trinajstić information content (AvgIpc) is 2.41. The van der Waals surface area contributed by atoms with Gasteiger partial charge in [-0.15, -0.1) is 12.4 Å². The lowest BCUT2D eigenvalue weighted by molar-refractivity contribution is 0.505. The van der Waals surface area contributed by atoms with Crippen LogP contribution < -0.4 is 5.73 Å². The molecule has 0 aliphatic rings. The molecule has 0 unspecified atom stereocenters. The standard InChI is InChI=1S/C17H20ClNS.ClH/c1-12(2)11-16(19)15-5-3-4-6-17(15)20-14-9-7-13(18)8-10-14;/h3-10,12,16H,11,19H2,1-2H3;1H/t16-;/m1./s1. The molecule has 114 valence electrons. The Labute approximate surface area is 142 Å². The molecule has 2 aromatic carbocycles. The molecule has 0 aliphatic carbocycles. The number of hydrogen-bond acceptors (Lipinski definition) is 2. The first-order valence-electron chi connectivity index (χ1n) is 6.84. The highest BCUT2D eigenvalue weighted by atomic mass is 35.5. The molecule has 1 atom stereocenters. The first kappa shape index (κ1) is 18.4. The summed E-state index contributed by atoms with van der Waals surface area (Å²) in [6.07, 6.45) is 0.998. The van der Waals surface area contributed by atoms with Gasteiger partial charge in [-0.05, 0) is 48.2 Å². The van der Waals surface area contributed by atoms with Crippen molar-refractivity contribution in [2.75, 3.05) is 0 Å². The number of hydrogen-bond donors (Lipinski definition) is 1. The molecule has 0 amide bonds. The lowest BCUT2D eigenvalue weighted by Crippen LogP contribution is -2.13. The summed E-state index contributed by atoms with van der Waals surface area (Å²) >= 11 is 7.66. The normalized spacial score (nSPS) is 12.0. The molecule has 2 rings (SSSR count). The third-order valence-electron chi connectivity index (χ3n) is 3.09. The second kappa shape index (κ2) is 8.70. The molecule has 1 nitrogen and oxygen atoms in total. The van der Waals surface area contributed by atoms with Crippen molar-refractivity contribution >= 4 is 35.8 Å². The highest BCUT2D eigenvalue weighted by Crippen LogP contribution is 2.34. The van der Waals surface area contributed by atoms with Crippen LogP contribution in [0, 0.1) is 5.92 Å². The molecule has 0 bridgehead atoms. The topological polar surface area (TPSA) is 26.0 Å². The fraction of sp³-hybridized carbons (Fsp3) is 0.294. The molecular formula is C17H21Cl2NS. The van der Waals surface area contributed by atoms with Crippen LogP contribution in [0.15, 0.2) is 58.3 Å². The highest BCUT2D eigenvalue weighted by Gasteiger charge is 2.13. The predicted octanol–water partition coefficient (Wildman–Crippen LogP) is 5.96. The van der Waals surface area contributed by atoms with Gasteiger partial charge >= 0.3 is 0 Å². The minimum absolute atomic E-state index is 0. The molecule has 0 fully saturated rings. The molecule has 0 heterocycles. The monoisotopic (exact) mass is 341 g/mol. The lowest BCUT2D eigenvalue weighted by Gasteiger charge is -2.18. The Bertz CT molecular complexity index is 555. The van der Waals surface area contributed by atoms with Crippen LogP contribution in [0.25, 0.3) is 0 Å². The number of halogens is 2. The molecule has 2 N–H and O–H groups in total. The first-order chi connectivity index (χ1) is 9.56. The van der Waals surface area contributed by atoms with Crippen LogP contribution >= 0.6 is 35.8 Å². The Morgan fingerprint density at radius 1 is 1.05 bits per heavy atom. The number of benzene rings is 2. The van der Waals surface area contributed by atoms with Crippen molar-refractivity contribution in [1.82, 2.24) is 0 Å². The van der Waals surface area contributed by atoms with Crippen molar-refractivity contribution in [2.24, 2.45) is 11.7 Å². The van der Waals surface area contributed by atoms with Crippen LogP contribution in [-0.2, 0) is 0 Å². The summed E-state index contributed by atoms with van der Waals surface area (Å²) in [5, 5.41) is 0.763. The highest BCUT2D eigenvalue weighted by molar-refractivity contribution is 7.99. The fourth-order valence-corrected chi connectivity index (χ4v) is 3.28. The van der Waals surface area contributed by atoms with Gasteiger partial charge in [-0.1, -0.05) is 55.4 Å². The van der Waals surface area contributed by atoms with Gasteiger partial charge in [0.05, 0.1) is 0 Å². The zero-order chi connectivity index (χ0) is 14.5. The quantitative estimate of drug-likeness (QED) is 0.725. The minimum atomic E-state index is 0. The van der Waals surface area contributed by atoms with E-state index >= 15 is 0 Å². The van der Waals surface area contributed by atoms with Crippen LogP contribution in [0.5, 0.6) is 0 Å². The van der Waals surface area contributed by atoms with E-state index in [-0.39, 0.29) is 18.4 Å². The van der Waals surface area contributed by atoms with E-state index in [0.717, 1.165) is 11.4 Å². The number of rotatable bonds is 5. The lowest BCUT2D eigenvalue weighted by atomic mass is 9.98. The van der Waals surface area contributed by atoms with E-state index in [1.165, 1.54) is 15.4 Å². The second-order valence-corrected chi connectivity index (χ2v) is 6.88.